The third kappa shape index (κ3) is 4.93. The first-order chi connectivity index (χ1) is 14.4. The maximum absolute atomic E-state index is 12.6. The maximum Gasteiger partial charge on any atom is 0.371 e. The minimum absolute atomic E-state index is 0.00238. The summed E-state index contributed by atoms with van der Waals surface area (Å²) in [6.07, 6.45) is 3.21. The molecule has 0 aliphatic carbocycles. The number of carboxylic acid groups (broad SMARTS) is 1. The lowest BCUT2D eigenvalue weighted by Gasteiger charge is -2.05. The van der Waals surface area contributed by atoms with Crippen LogP contribution in [-0.4, -0.2) is 32.9 Å². The van der Waals surface area contributed by atoms with E-state index in [-0.39, 0.29) is 23.7 Å². The van der Waals surface area contributed by atoms with Crippen molar-refractivity contribution in [2.75, 3.05) is 5.32 Å². The average molecular weight is 410 g/mol. The molecule has 1 aromatic carbocycles. The highest BCUT2D eigenvalue weighted by atomic mass is 16.4. The summed E-state index contributed by atoms with van der Waals surface area (Å²) >= 11 is 0. The topological polar surface area (TPSA) is 151 Å². The maximum atomic E-state index is 12.6. The third-order valence-corrected chi connectivity index (χ3v) is 4.48. The number of amides is 2. The summed E-state index contributed by atoms with van der Waals surface area (Å²) in [4.78, 5) is 42.2. The number of aromatic amines is 1. The van der Waals surface area contributed by atoms with Gasteiger partial charge in [-0.25, -0.2) is 9.78 Å². The fourth-order valence-corrected chi connectivity index (χ4v) is 2.91. The third-order valence-electron chi connectivity index (χ3n) is 4.48. The Morgan fingerprint density at radius 1 is 1.17 bits per heavy atom. The van der Waals surface area contributed by atoms with E-state index in [4.69, 9.17) is 15.3 Å². The normalized spacial score (nSPS) is 10.7. The van der Waals surface area contributed by atoms with Crippen molar-refractivity contribution >= 4 is 23.6 Å². The van der Waals surface area contributed by atoms with E-state index in [1.54, 1.807) is 12.1 Å². The van der Waals surface area contributed by atoms with E-state index in [9.17, 15) is 14.4 Å². The van der Waals surface area contributed by atoms with Crippen LogP contribution in [-0.2, 0) is 12.8 Å². The molecule has 9 heteroatoms. The molecular weight excluding hydrogens is 388 g/mol. The molecule has 3 aromatic rings. The molecule has 156 valence electrons. The monoisotopic (exact) mass is 410 g/mol. The first kappa shape index (κ1) is 20.8. The van der Waals surface area contributed by atoms with Gasteiger partial charge >= 0.3 is 5.97 Å². The molecule has 9 nitrogen and oxygen atoms in total. The van der Waals surface area contributed by atoms with Crippen LogP contribution in [0.3, 0.4) is 0 Å². The van der Waals surface area contributed by atoms with E-state index in [0.717, 1.165) is 24.8 Å². The molecule has 30 heavy (non-hydrogen) atoms. The molecule has 0 atom stereocenters. The first-order valence-electron chi connectivity index (χ1n) is 9.48. The smallest absolute Gasteiger partial charge is 0.371 e. The highest BCUT2D eigenvalue weighted by Gasteiger charge is 2.19. The molecule has 0 unspecified atom stereocenters. The van der Waals surface area contributed by atoms with Gasteiger partial charge in [0.1, 0.15) is 17.3 Å². The van der Waals surface area contributed by atoms with Gasteiger partial charge in [0.25, 0.3) is 11.8 Å². The van der Waals surface area contributed by atoms with Gasteiger partial charge in [-0.1, -0.05) is 25.5 Å². The number of aromatic nitrogens is 2. The number of nitrogens with one attached hydrogen (secondary N) is 2. The number of carbonyl (C=O) groups is 3. The number of nitrogens with two attached hydrogens (primary N) is 1. The molecule has 0 radical (unpaired) electrons. The van der Waals surface area contributed by atoms with Crippen molar-refractivity contribution in [2.24, 2.45) is 5.73 Å². The number of imidazole rings is 1. The zero-order chi connectivity index (χ0) is 21.7. The van der Waals surface area contributed by atoms with Crippen LogP contribution in [0.25, 0.3) is 0 Å². The fraction of sp³-hybridized carbons (Fsp3) is 0.238. The Bertz CT molecular complexity index is 1070. The van der Waals surface area contributed by atoms with Gasteiger partial charge in [0, 0.05) is 5.56 Å². The number of furan rings is 1. The Hall–Kier alpha value is -3.88. The van der Waals surface area contributed by atoms with Gasteiger partial charge in [0.2, 0.25) is 5.76 Å². The Balaban J connectivity index is 1.75. The summed E-state index contributed by atoms with van der Waals surface area (Å²) in [7, 11) is 0. The van der Waals surface area contributed by atoms with Crippen molar-refractivity contribution in [2.45, 2.75) is 32.6 Å². The molecule has 0 saturated carbocycles. The number of aromatic carboxylic acids is 1. The Morgan fingerprint density at radius 2 is 1.90 bits per heavy atom. The second-order valence-corrected chi connectivity index (χ2v) is 6.77. The largest absolute Gasteiger partial charge is 0.475 e. The van der Waals surface area contributed by atoms with E-state index in [2.05, 4.69) is 22.2 Å². The lowest BCUT2D eigenvalue weighted by molar-refractivity contribution is 0.0660. The summed E-state index contributed by atoms with van der Waals surface area (Å²) in [5, 5.41) is 11.5. The van der Waals surface area contributed by atoms with Crippen LogP contribution in [0, 0.1) is 0 Å². The van der Waals surface area contributed by atoms with Crippen LogP contribution in [0.2, 0.25) is 0 Å². The Morgan fingerprint density at radius 3 is 2.50 bits per heavy atom. The molecule has 2 amide bonds. The number of anilines is 1. The van der Waals surface area contributed by atoms with Gasteiger partial charge in [-0.3, -0.25) is 9.59 Å². The summed E-state index contributed by atoms with van der Waals surface area (Å²) in [6.45, 7) is 2.12. The Kier molecular flexibility index (Phi) is 6.31. The standard InChI is InChI=1S/C21H22N4O5/c1-2-3-4-12-5-7-13(8-6-12)20(27)25-19-17(18(22)26)23-16(24-19)11-14-9-10-15(30-14)21(28)29/h5-10H,2-4,11H2,1H3,(H2,22,26)(H,23,24)(H,25,27)(H,28,29). The summed E-state index contributed by atoms with van der Waals surface area (Å²) in [5.74, 6) is -1.98. The number of benzene rings is 1. The van der Waals surface area contributed by atoms with Gasteiger partial charge in [-0.2, -0.15) is 0 Å². The number of primary amides is 1. The van der Waals surface area contributed by atoms with Crippen molar-refractivity contribution in [1.29, 1.82) is 0 Å². The number of hydrogen-bond donors (Lipinski definition) is 4. The number of carbonyl (C=O) groups excluding carboxylic acids is 2. The van der Waals surface area contributed by atoms with Crippen molar-refractivity contribution in [3.63, 3.8) is 0 Å². The molecule has 3 rings (SSSR count). The number of aryl methyl sites for hydroxylation is 1. The van der Waals surface area contributed by atoms with Gasteiger partial charge in [0.15, 0.2) is 5.82 Å². The van der Waals surface area contributed by atoms with E-state index >= 15 is 0 Å². The molecule has 0 aliphatic heterocycles. The number of carboxylic acids is 1. The number of unbranched alkanes of at least 4 members (excludes halogenated alkanes) is 1. The second kappa shape index (κ2) is 9.08. The van der Waals surface area contributed by atoms with Crippen LogP contribution in [0.5, 0.6) is 0 Å². The number of H-pyrrole nitrogens is 1. The minimum Gasteiger partial charge on any atom is -0.475 e. The van der Waals surface area contributed by atoms with Gasteiger partial charge < -0.3 is 25.6 Å². The Labute approximate surface area is 172 Å². The van der Waals surface area contributed by atoms with Crippen molar-refractivity contribution in [3.8, 4) is 0 Å². The molecule has 2 aromatic heterocycles. The van der Waals surface area contributed by atoms with Crippen LogP contribution < -0.4 is 11.1 Å². The molecule has 5 N–H and O–H groups in total. The zero-order valence-corrected chi connectivity index (χ0v) is 16.4. The molecule has 0 fully saturated rings. The number of nitrogens with zero attached hydrogens (tertiary/aromatic N) is 1. The van der Waals surface area contributed by atoms with Crippen LogP contribution in [0.15, 0.2) is 40.8 Å². The number of rotatable bonds is 9. The zero-order valence-electron chi connectivity index (χ0n) is 16.4. The quantitative estimate of drug-likeness (QED) is 0.426. The van der Waals surface area contributed by atoms with Crippen molar-refractivity contribution in [3.05, 3.63) is 70.6 Å². The molecule has 0 bridgehead atoms. The summed E-state index contributed by atoms with van der Waals surface area (Å²) in [6, 6.07) is 10.0. The van der Waals surface area contributed by atoms with Crippen molar-refractivity contribution < 1.29 is 23.9 Å². The van der Waals surface area contributed by atoms with E-state index in [1.165, 1.54) is 12.1 Å². The highest BCUT2D eigenvalue weighted by Crippen LogP contribution is 2.18. The lowest BCUT2D eigenvalue weighted by atomic mass is 10.1. The van der Waals surface area contributed by atoms with E-state index in [0.29, 0.717) is 17.1 Å². The minimum atomic E-state index is -1.19. The molecule has 0 saturated heterocycles. The first-order valence-corrected chi connectivity index (χ1v) is 9.48. The summed E-state index contributed by atoms with van der Waals surface area (Å²) < 4.78 is 5.19. The van der Waals surface area contributed by atoms with Gasteiger partial charge in [-0.15, -0.1) is 0 Å². The van der Waals surface area contributed by atoms with Gasteiger partial charge in [0.05, 0.1) is 6.42 Å². The summed E-state index contributed by atoms with van der Waals surface area (Å²) in [5.41, 5.74) is 6.90. The van der Waals surface area contributed by atoms with E-state index in [1.807, 2.05) is 12.1 Å². The predicted molar refractivity (Wildman–Crippen MR) is 109 cm³/mol. The van der Waals surface area contributed by atoms with Crippen LogP contribution in [0.4, 0.5) is 5.82 Å². The predicted octanol–water partition coefficient (Wildman–Crippen LogP) is 2.99. The molecule has 2 heterocycles. The average Bonchev–Trinajstić information content (AvgIpc) is 3.34. The fourth-order valence-electron chi connectivity index (χ4n) is 2.91. The van der Waals surface area contributed by atoms with Gasteiger partial charge in [-0.05, 0) is 42.7 Å². The van der Waals surface area contributed by atoms with Crippen molar-refractivity contribution in [1.82, 2.24) is 9.97 Å². The lowest BCUT2D eigenvalue weighted by Crippen LogP contribution is -2.18. The molecule has 0 aliphatic rings. The number of hydrogen-bond acceptors (Lipinski definition) is 5. The van der Waals surface area contributed by atoms with E-state index < -0.39 is 17.8 Å². The molecular formula is C21H22N4O5. The van der Waals surface area contributed by atoms with Crippen LogP contribution in [0.1, 0.15) is 68.3 Å². The second-order valence-electron chi connectivity index (χ2n) is 6.77. The highest BCUT2D eigenvalue weighted by molar-refractivity contribution is 6.07. The SMILES string of the molecule is CCCCc1ccc(C(=O)Nc2nc(Cc3ccc(C(=O)O)o3)[nH]c2C(N)=O)cc1. The molecule has 0 spiro atoms. The van der Waals surface area contributed by atoms with Crippen LogP contribution >= 0.6 is 0 Å².